The highest BCUT2D eigenvalue weighted by Crippen LogP contribution is 2.20. The Labute approximate surface area is 151 Å². The SMILES string of the molecule is COc1cccc(/C=N\NC(=O)CN(c2ccccc2F)S(C)(=O)=O)c1. The van der Waals surface area contributed by atoms with Crippen molar-refractivity contribution in [3.05, 3.63) is 59.9 Å². The van der Waals surface area contributed by atoms with Crippen molar-refractivity contribution >= 4 is 27.8 Å². The van der Waals surface area contributed by atoms with Crippen molar-refractivity contribution in [3.63, 3.8) is 0 Å². The Morgan fingerprint density at radius 2 is 2.00 bits per heavy atom. The van der Waals surface area contributed by atoms with Crippen molar-refractivity contribution in [1.29, 1.82) is 0 Å². The van der Waals surface area contributed by atoms with Gasteiger partial charge in [0.05, 0.1) is 25.3 Å². The predicted molar refractivity (Wildman–Crippen MR) is 97.3 cm³/mol. The summed E-state index contributed by atoms with van der Waals surface area (Å²) in [7, 11) is -2.33. The van der Waals surface area contributed by atoms with E-state index in [-0.39, 0.29) is 5.69 Å². The molecule has 0 aliphatic heterocycles. The van der Waals surface area contributed by atoms with Crippen LogP contribution in [0.5, 0.6) is 5.75 Å². The first kappa shape index (κ1) is 19.4. The summed E-state index contributed by atoms with van der Waals surface area (Å²) in [5.74, 6) is -0.827. The molecule has 0 aliphatic rings. The first-order chi connectivity index (χ1) is 12.3. The molecular weight excluding hydrogens is 361 g/mol. The van der Waals surface area contributed by atoms with Crippen LogP contribution in [0, 0.1) is 5.82 Å². The molecule has 2 aromatic carbocycles. The fraction of sp³-hybridized carbons (Fsp3) is 0.176. The van der Waals surface area contributed by atoms with Crippen LogP contribution in [0.2, 0.25) is 0 Å². The highest BCUT2D eigenvalue weighted by molar-refractivity contribution is 7.92. The molecule has 0 fully saturated rings. The number of sulfonamides is 1. The van der Waals surface area contributed by atoms with Crippen molar-refractivity contribution in [2.75, 3.05) is 24.2 Å². The summed E-state index contributed by atoms with van der Waals surface area (Å²) in [6.45, 7) is -0.602. The minimum Gasteiger partial charge on any atom is -0.497 e. The van der Waals surface area contributed by atoms with E-state index in [1.807, 2.05) is 0 Å². The number of rotatable bonds is 7. The summed E-state index contributed by atoms with van der Waals surface area (Å²) in [4.78, 5) is 12.0. The predicted octanol–water partition coefficient (Wildman–Crippen LogP) is 1.75. The monoisotopic (exact) mass is 379 g/mol. The van der Waals surface area contributed by atoms with Crippen molar-refractivity contribution in [1.82, 2.24) is 5.43 Å². The molecule has 0 spiro atoms. The quantitative estimate of drug-likeness (QED) is 0.586. The second-order valence-electron chi connectivity index (χ2n) is 5.29. The van der Waals surface area contributed by atoms with Gasteiger partial charge in [-0.2, -0.15) is 5.10 Å². The van der Waals surface area contributed by atoms with E-state index in [9.17, 15) is 17.6 Å². The second-order valence-corrected chi connectivity index (χ2v) is 7.20. The number of benzene rings is 2. The van der Waals surface area contributed by atoms with Gasteiger partial charge in [0.15, 0.2) is 0 Å². The number of hydrogen-bond donors (Lipinski definition) is 1. The first-order valence-corrected chi connectivity index (χ1v) is 9.34. The van der Waals surface area contributed by atoms with Crippen LogP contribution in [0.15, 0.2) is 53.6 Å². The van der Waals surface area contributed by atoms with Gasteiger partial charge in [-0.15, -0.1) is 0 Å². The first-order valence-electron chi connectivity index (χ1n) is 7.49. The van der Waals surface area contributed by atoms with Crippen molar-refractivity contribution < 1.29 is 22.3 Å². The average Bonchev–Trinajstić information content (AvgIpc) is 2.60. The number of halogens is 1. The molecule has 1 amide bonds. The number of nitrogens with zero attached hydrogens (tertiary/aromatic N) is 2. The third-order valence-corrected chi connectivity index (χ3v) is 4.43. The third-order valence-electron chi connectivity index (χ3n) is 3.31. The molecular formula is C17H18FN3O4S. The van der Waals surface area contributed by atoms with Gasteiger partial charge in [0.25, 0.3) is 5.91 Å². The lowest BCUT2D eigenvalue weighted by Crippen LogP contribution is -2.39. The number of carbonyl (C=O) groups excluding carboxylic acids is 1. The fourth-order valence-electron chi connectivity index (χ4n) is 2.10. The van der Waals surface area contributed by atoms with E-state index in [0.29, 0.717) is 15.6 Å². The Hall–Kier alpha value is -2.94. The van der Waals surface area contributed by atoms with Gasteiger partial charge in [0.2, 0.25) is 10.0 Å². The molecule has 7 nitrogen and oxygen atoms in total. The number of amides is 1. The van der Waals surface area contributed by atoms with Crippen molar-refractivity contribution in [2.45, 2.75) is 0 Å². The highest BCUT2D eigenvalue weighted by atomic mass is 32.2. The maximum atomic E-state index is 13.9. The average molecular weight is 379 g/mol. The van der Waals surface area contributed by atoms with E-state index < -0.39 is 28.3 Å². The fourth-order valence-corrected chi connectivity index (χ4v) is 2.96. The molecule has 0 unspecified atom stereocenters. The number of hydrogen-bond acceptors (Lipinski definition) is 5. The smallest absolute Gasteiger partial charge is 0.260 e. The normalized spacial score (nSPS) is 11.3. The molecule has 0 atom stereocenters. The van der Waals surface area contributed by atoms with Crippen LogP contribution in [-0.4, -0.2) is 40.4 Å². The third kappa shape index (κ3) is 5.28. The molecule has 0 radical (unpaired) electrons. The van der Waals surface area contributed by atoms with Gasteiger partial charge in [-0.1, -0.05) is 24.3 Å². The molecule has 2 rings (SSSR count). The molecule has 0 aliphatic carbocycles. The van der Waals surface area contributed by atoms with Crippen molar-refractivity contribution in [3.8, 4) is 5.75 Å². The van der Waals surface area contributed by atoms with E-state index in [1.165, 1.54) is 31.5 Å². The molecule has 0 saturated heterocycles. The van der Waals surface area contributed by atoms with E-state index in [0.717, 1.165) is 12.3 Å². The van der Waals surface area contributed by atoms with Gasteiger partial charge in [-0.25, -0.2) is 18.2 Å². The van der Waals surface area contributed by atoms with E-state index in [4.69, 9.17) is 4.74 Å². The summed E-state index contributed by atoms with van der Waals surface area (Å²) < 4.78 is 43.5. The van der Waals surface area contributed by atoms with Gasteiger partial charge in [0, 0.05) is 0 Å². The summed E-state index contributed by atoms with van der Waals surface area (Å²) in [6.07, 6.45) is 2.28. The number of anilines is 1. The zero-order valence-corrected chi connectivity index (χ0v) is 15.0. The molecule has 1 N–H and O–H groups in total. The Morgan fingerprint density at radius 3 is 2.65 bits per heavy atom. The van der Waals surface area contributed by atoms with Gasteiger partial charge in [0.1, 0.15) is 18.1 Å². The number of carbonyl (C=O) groups is 1. The number of methoxy groups -OCH3 is 1. The number of hydrazone groups is 1. The number of para-hydroxylation sites is 1. The van der Waals surface area contributed by atoms with Gasteiger partial charge >= 0.3 is 0 Å². The number of ether oxygens (including phenoxy) is 1. The zero-order chi connectivity index (χ0) is 19.2. The standard InChI is InChI=1S/C17H18FN3O4S/c1-25-14-7-5-6-13(10-14)11-19-20-17(22)12-21(26(2,23)24)16-9-4-3-8-15(16)18/h3-11H,12H2,1-2H3,(H,20,22)/b19-11-. The van der Waals surface area contributed by atoms with Gasteiger partial charge in [-0.3, -0.25) is 9.10 Å². The second kappa shape index (κ2) is 8.43. The summed E-state index contributed by atoms with van der Waals surface area (Å²) >= 11 is 0. The Bertz CT molecular complexity index is 916. The maximum Gasteiger partial charge on any atom is 0.260 e. The van der Waals surface area contributed by atoms with Crippen LogP contribution in [-0.2, 0) is 14.8 Å². The summed E-state index contributed by atoms with van der Waals surface area (Å²) in [6, 6.07) is 12.3. The van der Waals surface area contributed by atoms with Crippen LogP contribution in [0.4, 0.5) is 10.1 Å². The van der Waals surface area contributed by atoms with Crippen LogP contribution in [0.25, 0.3) is 0 Å². The molecule has 26 heavy (non-hydrogen) atoms. The minimum atomic E-state index is -3.86. The topological polar surface area (TPSA) is 88.1 Å². The van der Waals surface area contributed by atoms with Crippen molar-refractivity contribution in [2.24, 2.45) is 5.10 Å². The molecule has 9 heteroatoms. The molecule has 0 aromatic heterocycles. The largest absolute Gasteiger partial charge is 0.497 e. The summed E-state index contributed by atoms with van der Waals surface area (Å²) in [5, 5.41) is 3.77. The van der Waals surface area contributed by atoms with Gasteiger partial charge < -0.3 is 4.74 Å². The minimum absolute atomic E-state index is 0.207. The lowest BCUT2D eigenvalue weighted by atomic mass is 10.2. The summed E-state index contributed by atoms with van der Waals surface area (Å²) in [5.41, 5.74) is 2.69. The van der Waals surface area contributed by atoms with E-state index in [2.05, 4.69) is 10.5 Å². The van der Waals surface area contributed by atoms with Crippen LogP contribution < -0.4 is 14.5 Å². The molecule has 0 bridgehead atoms. The lowest BCUT2D eigenvalue weighted by Gasteiger charge is -2.21. The molecule has 2 aromatic rings. The Balaban J connectivity index is 2.08. The highest BCUT2D eigenvalue weighted by Gasteiger charge is 2.23. The maximum absolute atomic E-state index is 13.9. The zero-order valence-electron chi connectivity index (χ0n) is 14.2. The molecule has 0 saturated carbocycles. The van der Waals surface area contributed by atoms with Crippen LogP contribution >= 0.6 is 0 Å². The molecule has 0 heterocycles. The molecule has 138 valence electrons. The van der Waals surface area contributed by atoms with E-state index >= 15 is 0 Å². The van der Waals surface area contributed by atoms with E-state index in [1.54, 1.807) is 24.3 Å². The van der Waals surface area contributed by atoms with Gasteiger partial charge in [-0.05, 0) is 29.8 Å². The Morgan fingerprint density at radius 1 is 1.27 bits per heavy atom. The van der Waals surface area contributed by atoms with Crippen LogP contribution in [0.1, 0.15) is 5.56 Å². The van der Waals surface area contributed by atoms with Crippen LogP contribution in [0.3, 0.4) is 0 Å². The Kier molecular flexibility index (Phi) is 6.29. The lowest BCUT2D eigenvalue weighted by molar-refractivity contribution is -0.119. The number of nitrogens with one attached hydrogen (secondary N) is 1.